The number of benzene rings is 1. The number of sulfonamides is 1. The van der Waals surface area contributed by atoms with Crippen LogP contribution in [0.5, 0.6) is 0 Å². The predicted octanol–water partition coefficient (Wildman–Crippen LogP) is 4.46. The number of aliphatic hydroxyl groups excluding tert-OH is 1. The molecule has 4 heterocycles. The van der Waals surface area contributed by atoms with Crippen LogP contribution in [0.25, 0.3) is 10.9 Å². The lowest BCUT2D eigenvalue weighted by atomic mass is 9.93. The lowest BCUT2D eigenvalue weighted by Gasteiger charge is -2.35. The maximum absolute atomic E-state index is 13.7. The van der Waals surface area contributed by atoms with E-state index in [1.165, 1.54) is 19.2 Å². The van der Waals surface area contributed by atoms with Gasteiger partial charge in [0.25, 0.3) is 5.92 Å². The van der Waals surface area contributed by atoms with Gasteiger partial charge in [0.1, 0.15) is 18.0 Å². The number of carboxylic acids is 1. The minimum Gasteiger partial charge on any atom is -0.475 e. The summed E-state index contributed by atoms with van der Waals surface area (Å²) in [4.78, 5) is 31.0. The lowest BCUT2D eigenvalue weighted by molar-refractivity contribution is -0.192. The molecule has 2 aliphatic heterocycles. The van der Waals surface area contributed by atoms with Crippen LogP contribution in [0.15, 0.2) is 24.5 Å². The van der Waals surface area contributed by atoms with Crippen LogP contribution in [0.2, 0.25) is 0 Å². The number of aliphatic hydroxyl groups is 1. The highest BCUT2D eigenvalue weighted by Crippen LogP contribution is 2.54. The highest BCUT2D eigenvalue weighted by Gasteiger charge is 2.44. The molecule has 0 radical (unpaired) electrons. The van der Waals surface area contributed by atoms with E-state index in [1.54, 1.807) is 23.1 Å². The van der Waals surface area contributed by atoms with Gasteiger partial charge in [0, 0.05) is 50.8 Å². The van der Waals surface area contributed by atoms with Gasteiger partial charge in [-0.1, -0.05) is 0 Å². The van der Waals surface area contributed by atoms with E-state index in [2.05, 4.69) is 34.9 Å². The molecule has 0 amide bonds. The molecular weight excluding hydrogens is 667 g/mol. The quantitative estimate of drug-likeness (QED) is 0.243. The Morgan fingerprint density at radius 2 is 1.58 bits per heavy atom. The van der Waals surface area contributed by atoms with E-state index in [4.69, 9.17) is 9.90 Å². The standard InChI is InChI=1S/C27H34F2N8O3S.C2HF3O2/c1-18-14-22(34-25(32-18)37-10-6-27(28,29)7-11-37)33-24-23-20(30-17-31-24)15-19(35-41(39,40)13-12-38)16-21(23)36-8-4-26(2-3-26)5-9-36;3-2(4,5)1(6)7/h14-17,35,38H,2-13H2,1H3,(H,30,31,32,33,34);(H,6,7). The minimum absolute atomic E-state index is 0.169. The largest absolute Gasteiger partial charge is 0.490 e. The van der Waals surface area contributed by atoms with Crippen molar-refractivity contribution in [3.63, 3.8) is 0 Å². The number of anilines is 5. The Labute approximate surface area is 272 Å². The maximum atomic E-state index is 13.7. The van der Waals surface area contributed by atoms with Gasteiger partial charge in [0.15, 0.2) is 0 Å². The molecule has 6 rings (SSSR count). The first-order chi connectivity index (χ1) is 22.5. The van der Waals surface area contributed by atoms with E-state index in [0.29, 0.717) is 39.9 Å². The molecule has 48 heavy (non-hydrogen) atoms. The number of piperidine rings is 2. The van der Waals surface area contributed by atoms with E-state index in [1.807, 2.05) is 6.92 Å². The fourth-order valence-electron chi connectivity index (χ4n) is 5.74. The first-order valence-corrected chi connectivity index (χ1v) is 16.8. The molecule has 4 N–H and O–H groups in total. The van der Waals surface area contributed by atoms with E-state index in [-0.39, 0.29) is 25.9 Å². The summed E-state index contributed by atoms with van der Waals surface area (Å²) < 4.78 is 86.7. The van der Waals surface area contributed by atoms with Gasteiger partial charge in [0.2, 0.25) is 16.0 Å². The van der Waals surface area contributed by atoms with E-state index >= 15 is 0 Å². The molecule has 2 aromatic heterocycles. The van der Waals surface area contributed by atoms with E-state index in [9.17, 15) is 35.5 Å². The number of nitrogens with zero attached hydrogens (tertiary/aromatic N) is 6. The van der Waals surface area contributed by atoms with Crippen molar-refractivity contribution >= 4 is 55.9 Å². The number of carboxylic acid groups (broad SMARTS) is 1. The summed E-state index contributed by atoms with van der Waals surface area (Å²) in [5.41, 5.74) is 2.82. The Hall–Kier alpha value is -4.13. The first kappa shape index (κ1) is 35.2. The molecule has 13 nitrogen and oxygen atoms in total. The van der Waals surface area contributed by atoms with E-state index in [0.717, 1.165) is 37.0 Å². The Bertz CT molecular complexity index is 1750. The number of halogens is 5. The molecule has 3 fully saturated rings. The van der Waals surface area contributed by atoms with Crippen LogP contribution in [0.4, 0.5) is 50.9 Å². The third-order valence-electron chi connectivity index (χ3n) is 8.58. The van der Waals surface area contributed by atoms with Gasteiger partial charge in [-0.2, -0.15) is 18.2 Å². The molecule has 1 aliphatic carbocycles. The highest BCUT2D eigenvalue weighted by molar-refractivity contribution is 7.92. The predicted molar refractivity (Wildman–Crippen MR) is 167 cm³/mol. The molecule has 3 aliphatic rings. The molecule has 1 saturated carbocycles. The number of alkyl halides is 5. The van der Waals surface area contributed by atoms with Crippen LogP contribution < -0.4 is 19.8 Å². The summed E-state index contributed by atoms with van der Waals surface area (Å²) in [6.07, 6.45) is 0.467. The molecule has 0 unspecified atom stereocenters. The summed E-state index contributed by atoms with van der Waals surface area (Å²) in [7, 11) is -3.74. The van der Waals surface area contributed by atoms with Crippen molar-refractivity contribution in [1.29, 1.82) is 0 Å². The van der Waals surface area contributed by atoms with Crippen molar-refractivity contribution in [3.8, 4) is 0 Å². The molecule has 1 spiro atoms. The van der Waals surface area contributed by atoms with Gasteiger partial charge in [-0.25, -0.2) is 36.9 Å². The van der Waals surface area contributed by atoms with Crippen molar-refractivity contribution in [2.45, 2.75) is 57.5 Å². The summed E-state index contributed by atoms with van der Waals surface area (Å²) in [5.74, 6) is -4.49. The number of aliphatic carboxylic acids is 1. The third-order valence-corrected chi connectivity index (χ3v) is 9.85. The average Bonchev–Trinajstić information content (AvgIpc) is 3.75. The topological polar surface area (TPSA) is 174 Å². The number of rotatable bonds is 8. The minimum atomic E-state index is -5.08. The number of nitrogens with one attached hydrogen (secondary N) is 2. The fourth-order valence-corrected chi connectivity index (χ4v) is 6.56. The van der Waals surface area contributed by atoms with E-state index < -0.39 is 40.5 Å². The summed E-state index contributed by atoms with van der Waals surface area (Å²) in [5, 5.41) is 20.3. The number of hydrogen-bond donors (Lipinski definition) is 4. The number of hydrogen-bond acceptors (Lipinski definition) is 11. The Morgan fingerprint density at radius 1 is 0.958 bits per heavy atom. The van der Waals surface area contributed by atoms with Crippen LogP contribution in [-0.4, -0.2) is 95.2 Å². The Kier molecular flexibility index (Phi) is 9.83. The van der Waals surface area contributed by atoms with Crippen molar-refractivity contribution in [2.24, 2.45) is 5.41 Å². The first-order valence-electron chi connectivity index (χ1n) is 15.2. The Balaban J connectivity index is 0.000000582. The summed E-state index contributed by atoms with van der Waals surface area (Å²) >= 11 is 0. The van der Waals surface area contributed by atoms with Crippen molar-refractivity contribution in [2.75, 3.05) is 58.4 Å². The Morgan fingerprint density at radius 3 is 2.17 bits per heavy atom. The summed E-state index contributed by atoms with van der Waals surface area (Å²) in [6, 6.07) is 5.21. The van der Waals surface area contributed by atoms with Crippen molar-refractivity contribution in [3.05, 3.63) is 30.2 Å². The zero-order valence-corrected chi connectivity index (χ0v) is 26.7. The number of fused-ring (bicyclic) bond motifs is 1. The fraction of sp³-hybridized carbons (Fsp3) is 0.552. The molecular formula is C29H35F5N8O5S. The van der Waals surface area contributed by atoms with Gasteiger partial charge in [0.05, 0.1) is 34.6 Å². The average molecular weight is 703 g/mol. The normalized spacial score (nSPS) is 18.6. The van der Waals surface area contributed by atoms with Crippen molar-refractivity contribution < 1.29 is 45.4 Å². The van der Waals surface area contributed by atoms with Crippen LogP contribution in [0.3, 0.4) is 0 Å². The van der Waals surface area contributed by atoms with Gasteiger partial charge in [-0.3, -0.25) is 4.72 Å². The molecule has 0 bridgehead atoms. The second-order valence-corrected chi connectivity index (χ2v) is 14.1. The summed E-state index contributed by atoms with van der Waals surface area (Å²) in [6.45, 7) is 3.33. The lowest BCUT2D eigenvalue weighted by Crippen LogP contribution is -2.40. The van der Waals surface area contributed by atoms with Crippen molar-refractivity contribution in [1.82, 2.24) is 19.9 Å². The number of carbonyl (C=O) groups is 1. The molecule has 1 aromatic carbocycles. The number of aryl methyl sites for hydroxylation is 1. The monoisotopic (exact) mass is 702 g/mol. The van der Waals surface area contributed by atoms with Crippen LogP contribution in [0.1, 0.15) is 44.2 Å². The smallest absolute Gasteiger partial charge is 0.475 e. The van der Waals surface area contributed by atoms with Gasteiger partial charge in [-0.15, -0.1) is 0 Å². The highest BCUT2D eigenvalue weighted by atomic mass is 32.2. The number of aromatic nitrogens is 4. The molecule has 3 aromatic rings. The van der Waals surface area contributed by atoms with Crippen LogP contribution >= 0.6 is 0 Å². The molecule has 0 atom stereocenters. The molecule has 2 saturated heterocycles. The van der Waals surface area contributed by atoms with Crippen LogP contribution in [-0.2, 0) is 14.8 Å². The molecule has 262 valence electrons. The second kappa shape index (κ2) is 13.4. The van der Waals surface area contributed by atoms with Crippen LogP contribution in [0, 0.1) is 12.3 Å². The zero-order chi connectivity index (χ0) is 34.9. The maximum Gasteiger partial charge on any atom is 0.490 e. The third kappa shape index (κ3) is 8.66. The molecule has 19 heteroatoms. The SMILES string of the molecule is Cc1cc(Nc2ncnc3cc(NS(=O)(=O)CCO)cc(N4CCC5(CC4)CC5)c23)nc(N2CCC(F)(F)CC2)n1.O=C(O)C(F)(F)F. The van der Waals surface area contributed by atoms with Gasteiger partial charge in [-0.05, 0) is 50.2 Å². The second-order valence-electron chi connectivity index (χ2n) is 12.2. The van der Waals surface area contributed by atoms with Gasteiger partial charge >= 0.3 is 12.1 Å². The zero-order valence-electron chi connectivity index (χ0n) is 25.9. The van der Waals surface area contributed by atoms with Gasteiger partial charge < -0.3 is 25.3 Å².